The zero-order valence-corrected chi connectivity index (χ0v) is 20.5. The number of thiophene rings is 2. The zero-order valence-electron chi connectivity index (χ0n) is 18.9. The van der Waals surface area contributed by atoms with E-state index in [1.165, 1.54) is 40.6 Å². The van der Waals surface area contributed by atoms with Crippen molar-refractivity contribution in [2.75, 3.05) is 10.2 Å². The van der Waals surface area contributed by atoms with E-state index in [4.69, 9.17) is 0 Å². The molecule has 34 heavy (non-hydrogen) atoms. The molecule has 2 heterocycles. The van der Waals surface area contributed by atoms with Crippen molar-refractivity contribution in [3.8, 4) is 0 Å². The Morgan fingerprint density at radius 1 is 1.00 bits per heavy atom. The zero-order chi connectivity index (χ0) is 23.9. The molecule has 0 saturated heterocycles. The maximum atomic E-state index is 13.6. The van der Waals surface area contributed by atoms with E-state index in [9.17, 15) is 14.4 Å². The number of carbonyl (C=O) groups is 3. The number of rotatable bonds is 8. The third-order valence-corrected chi connectivity index (χ3v) is 7.42. The summed E-state index contributed by atoms with van der Waals surface area (Å²) >= 11 is 2.99. The summed E-state index contributed by atoms with van der Waals surface area (Å²) in [5.41, 5.74) is 1.20. The highest BCUT2D eigenvalue weighted by Crippen LogP contribution is 2.32. The molecule has 1 aromatic carbocycles. The minimum Gasteiger partial charge on any atom is -0.351 e. The maximum absolute atomic E-state index is 13.6. The van der Waals surface area contributed by atoms with E-state index >= 15 is 0 Å². The van der Waals surface area contributed by atoms with Gasteiger partial charge in [0.05, 0.1) is 0 Å². The summed E-state index contributed by atoms with van der Waals surface area (Å²) in [6.07, 6.45) is 7.40. The normalized spacial score (nSPS) is 14.7. The van der Waals surface area contributed by atoms with Gasteiger partial charge >= 0.3 is 0 Å². The van der Waals surface area contributed by atoms with Crippen LogP contribution in [-0.2, 0) is 14.4 Å². The number of hydrogen-bond donors (Lipinski definition) is 2. The minimum atomic E-state index is -0.798. The Kier molecular flexibility index (Phi) is 7.92. The van der Waals surface area contributed by atoms with Crippen LogP contribution in [0.4, 0.5) is 11.4 Å². The Labute approximate surface area is 207 Å². The average molecular weight is 494 g/mol. The summed E-state index contributed by atoms with van der Waals surface area (Å²) in [5, 5.41) is 9.78. The van der Waals surface area contributed by atoms with Crippen molar-refractivity contribution in [3.63, 3.8) is 0 Å². The number of hydrogen-bond acceptors (Lipinski definition) is 5. The fourth-order valence-corrected chi connectivity index (χ4v) is 5.53. The van der Waals surface area contributed by atoms with Gasteiger partial charge in [-0.05, 0) is 66.1 Å². The lowest BCUT2D eigenvalue weighted by Gasteiger charge is -2.31. The second kappa shape index (κ2) is 11.3. The van der Waals surface area contributed by atoms with Crippen molar-refractivity contribution in [2.45, 2.75) is 44.7 Å². The van der Waals surface area contributed by atoms with E-state index in [1.54, 1.807) is 30.3 Å². The van der Waals surface area contributed by atoms with Gasteiger partial charge in [-0.2, -0.15) is 0 Å². The molecule has 0 radical (unpaired) electrons. The lowest BCUT2D eigenvalue weighted by atomic mass is 10.1. The predicted octanol–water partition coefficient (Wildman–Crippen LogP) is 5.61. The molecule has 3 amide bonds. The first-order valence-corrected chi connectivity index (χ1v) is 13.0. The second-order valence-corrected chi connectivity index (χ2v) is 10.2. The van der Waals surface area contributed by atoms with Gasteiger partial charge in [0.1, 0.15) is 6.04 Å². The highest BCUT2D eigenvalue weighted by Gasteiger charge is 2.34. The molecule has 0 spiro atoms. The number of benzene rings is 1. The van der Waals surface area contributed by atoms with E-state index in [0.29, 0.717) is 11.4 Å². The first kappa shape index (κ1) is 23.9. The van der Waals surface area contributed by atoms with Crippen molar-refractivity contribution in [1.82, 2.24) is 5.32 Å². The number of nitrogens with one attached hydrogen (secondary N) is 2. The molecule has 1 aliphatic carbocycles. The Bertz CT molecular complexity index is 1130. The summed E-state index contributed by atoms with van der Waals surface area (Å²) in [7, 11) is 0. The quantitative estimate of drug-likeness (QED) is 0.400. The van der Waals surface area contributed by atoms with Crippen LogP contribution in [0.5, 0.6) is 0 Å². The molecule has 176 valence electrons. The van der Waals surface area contributed by atoms with Crippen LogP contribution < -0.4 is 15.5 Å². The van der Waals surface area contributed by atoms with Crippen LogP contribution in [0.15, 0.2) is 65.4 Å². The van der Waals surface area contributed by atoms with Crippen molar-refractivity contribution in [2.24, 2.45) is 0 Å². The number of nitrogens with zero attached hydrogens (tertiary/aromatic N) is 1. The van der Waals surface area contributed by atoms with E-state index in [-0.39, 0.29) is 23.8 Å². The van der Waals surface area contributed by atoms with Crippen molar-refractivity contribution >= 4 is 57.8 Å². The molecule has 0 bridgehead atoms. The minimum absolute atomic E-state index is 0.135. The molecule has 0 unspecified atom stereocenters. The van der Waals surface area contributed by atoms with Gasteiger partial charge in [0.2, 0.25) is 11.8 Å². The van der Waals surface area contributed by atoms with Crippen LogP contribution in [0.2, 0.25) is 0 Å². The molecule has 1 aliphatic rings. The number of carbonyl (C=O) groups excluding carboxylic acids is 3. The third-order valence-electron chi connectivity index (χ3n) is 5.66. The summed E-state index contributed by atoms with van der Waals surface area (Å²) in [5.74, 6) is -0.647. The molecular formula is C26H27N3O3S2. The SMILES string of the molecule is CC(=O)Nc1ccc(N(C(=O)/C=C/c2cccs2)[C@@H](C(=O)NC2CCCC2)c2cccs2)cc1. The van der Waals surface area contributed by atoms with Gasteiger partial charge in [-0.1, -0.05) is 25.0 Å². The fourth-order valence-electron chi connectivity index (χ4n) is 4.10. The number of anilines is 2. The van der Waals surface area contributed by atoms with Crippen molar-refractivity contribution < 1.29 is 14.4 Å². The van der Waals surface area contributed by atoms with Gasteiger partial charge in [-0.25, -0.2) is 0 Å². The highest BCUT2D eigenvalue weighted by atomic mass is 32.1. The lowest BCUT2D eigenvalue weighted by Crippen LogP contribution is -2.45. The summed E-state index contributed by atoms with van der Waals surface area (Å²) in [6, 6.07) is 14.0. The topological polar surface area (TPSA) is 78.5 Å². The van der Waals surface area contributed by atoms with Crippen LogP contribution in [0.3, 0.4) is 0 Å². The Hall–Kier alpha value is -3.23. The molecule has 3 aromatic rings. The standard InChI is InChI=1S/C26H27N3O3S2/c1-18(30)27-20-10-12-21(13-11-20)29(24(31)15-14-22-8-4-16-33-22)25(23-9-5-17-34-23)26(32)28-19-6-2-3-7-19/h4-5,8-17,19,25H,2-3,6-7H2,1H3,(H,27,30)(H,28,32)/b15-14+/t25-/m1/s1. The van der Waals surface area contributed by atoms with E-state index in [1.807, 2.05) is 35.0 Å². The van der Waals surface area contributed by atoms with Gasteiger partial charge in [-0.15, -0.1) is 22.7 Å². The predicted molar refractivity (Wildman–Crippen MR) is 139 cm³/mol. The Balaban J connectivity index is 1.70. The van der Waals surface area contributed by atoms with Gasteiger partial charge in [0.15, 0.2) is 0 Å². The first-order chi connectivity index (χ1) is 16.5. The maximum Gasteiger partial charge on any atom is 0.252 e. The molecule has 2 aromatic heterocycles. The summed E-state index contributed by atoms with van der Waals surface area (Å²) in [6.45, 7) is 1.44. The van der Waals surface area contributed by atoms with E-state index in [0.717, 1.165) is 35.4 Å². The Morgan fingerprint density at radius 3 is 2.32 bits per heavy atom. The Morgan fingerprint density at radius 2 is 1.71 bits per heavy atom. The summed E-state index contributed by atoms with van der Waals surface area (Å²) < 4.78 is 0. The van der Waals surface area contributed by atoms with Crippen molar-refractivity contribution in [1.29, 1.82) is 0 Å². The average Bonchev–Trinajstić information content (AvgIpc) is 3.60. The molecule has 6 nitrogen and oxygen atoms in total. The molecule has 1 fully saturated rings. The first-order valence-electron chi connectivity index (χ1n) is 11.3. The third kappa shape index (κ3) is 6.01. The molecule has 1 saturated carbocycles. The highest BCUT2D eigenvalue weighted by molar-refractivity contribution is 7.11. The smallest absolute Gasteiger partial charge is 0.252 e. The number of amides is 3. The van der Waals surface area contributed by atoms with E-state index in [2.05, 4.69) is 10.6 Å². The summed E-state index contributed by atoms with van der Waals surface area (Å²) in [4.78, 5) is 41.9. The molecule has 2 N–H and O–H groups in total. The second-order valence-electron chi connectivity index (χ2n) is 8.19. The monoisotopic (exact) mass is 493 g/mol. The van der Waals surface area contributed by atoms with E-state index < -0.39 is 6.04 Å². The van der Waals surface area contributed by atoms with Gasteiger partial charge in [0.25, 0.3) is 5.91 Å². The molecule has 4 rings (SSSR count). The molecular weight excluding hydrogens is 466 g/mol. The van der Waals surface area contributed by atoms with Gasteiger partial charge < -0.3 is 10.6 Å². The van der Waals surface area contributed by atoms with Gasteiger partial charge in [0, 0.05) is 40.2 Å². The molecule has 1 atom stereocenters. The van der Waals surface area contributed by atoms with Crippen LogP contribution in [-0.4, -0.2) is 23.8 Å². The largest absolute Gasteiger partial charge is 0.351 e. The lowest BCUT2D eigenvalue weighted by molar-refractivity contribution is -0.125. The van der Waals surface area contributed by atoms with Crippen LogP contribution in [0.1, 0.15) is 48.4 Å². The molecule has 8 heteroatoms. The van der Waals surface area contributed by atoms with Crippen LogP contribution in [0, 0.1) is 0 Å². The van der Waals surface area contributed by atoms with Crippen LogP contribution in [0.25, 0.3) is 6.08 Å². The molecule has 0 aliphatic heterocycles. The van der Waals surface area contributed by atoms with Crippen LogP contribution >= 0.6 is 22.7 Å². The fraction of sp³-hybridized carbons (Fsp3) is 0.269. The van der Waals surface area contributed by atoms with Crippen molar-refractivity contribution in [3.05, 3.63) is 75.1 Å². The van der Waals surface area contributed by atoms with Gasteiger partial charge in [-0.3, -0.25) is 19.3 Å².